The average Bonchev–Trinajstić information content (AvgIpc) is 3.30. The van der Waals surface area contributed by atoms with Gasteiger partial charge in [-0.1, -0.05) is 91.0 Å². The molecule has 3 aromatic carbocycles. The largest absolute Gasteiger partial charge is 0.363 e. The third-order valence-corrected chi connectivity index (χ3v) is 6.51. The number of amides is 1. The molecule has 1 atom stereocenters. The predicted octanol–water partition coefficient (Wildman–Crippen LogP) is 6.02. The summed E-state index contributed by atoms with van der Waals surface area (Å²) in [5.41, 5.74) is 3.81. The highest BCUT2D eigenvalue weighted by Crippen LogP contribution is 2.40. The van der Waals surface area contributed by atoms with Gasteiger partial charge in [0.25, 0.3) is 5.91 Å². The molecule has 34 heavy (non-hydrogen) atoms. The second-order valence-electron chi connectivity index (χ2n) is 9.58. The van der Waals surface area contributed by atoms with Gasteiger partial charge in [0, 0.05) is 13.1 Å². The molecule has 1 amide bonds. The molecule has 0 spiro atoms. The summed E-state index contributed by atoms with van der Waals surface area (Å²) in [6.45, 7) is 5.43. The number of rotatable bonds is 6. The molecule has 1 aliphatic heterocycles. The Hall–Kier alpha value is -3.86. The normalized spacial score (nSPS) is 16.4. The van der Waals surface area contributed by atoms with E-state index in [1.807, 2.05) is 52.0 Å². The maximum atomic E-state index is 14.0. The first-order valence-corrected chi connectivity index (χ1v) is 11.8. The molecule has 2 heterocycles. The van der Waals surface area contributed by atoms with E-state index in [1.54, 1.807) is 6.20 Å². The highest BCUT2D eigenvalue weighted by atomic mass is 16.2. The van der Waals surface area contributed by atoms with Gasteiger partial charge < -0.3 is 10.2 Å². The fourth-order valence-corrected chi connectivity index (χ4v) is 4.77. The van der Waals surface area contributed by atoms with Crippen LogP contribution in [-0.2, 0) is 18.6 Å². The van der Waals surface area contributed by atoms with Crippen molar-refractivity contribution in [2.45, 2.75) is 44.9 Å². The molecule has 0 radical (unpaired) electrons. The van der Waals surface area contributed by atoms with Crippen molar-refractivity contribution in [3.8, 4) is 0 Å². The zero-order valence-electron chi connectivity index (χ0n) is 19.7. The molecule has 172 valence electrons. The standard InChI is InChI=1S/C29H30N4O/c1-29(2)18-26(24-16-10-5-11-17-24)31-27-25(19-30-33(27)29)28(34)32(20-22-12-6-3-7-13-22)21-23-14-8-4-9-15-23/h3-17,19,26,31H,18,20-21H2,1-2H3. The number of hydrogen-bond acceptors (Lipinski definition) is 3. The number of anilines is 1. The number of carbonyl (C=O) groups is 1. The van der Waals surface area contributed by atoms with Crippen LogP contribution in [0.15, 0.2) is 97.2 Å². The lowest BCUT2D eigenvalue weighted by molar-refractivity contribution is 0.0730. The van der Waals surface area contributed by atoms with E-state index >= 15 is 0 Å². The molecule has 5 nitrogen and oxygen atoms in total. The lowest BCUT2D eigenvalue weighted by Gasteiger charge is -2.38. The van der Waals surface area contributed by atoms with E-state index in [4.69, 9.17) is 0 Å². The van der Waals surface area contributed by atoms with Crippen LogP contribution < -0.4 is 5.32 Å². The topological polar surface area (TPSA) is 50.2 Å². The average molecular weight is 451 g/mol. The van der Waals surface area contributed by atoms with Crippen LogP contribution in [0.1, 0.15) is 53.4 Å². The number of fused-ring (bicyclic) bond motifs is 1. The molecule has 1 unspecified atom stereocenters. The van der Waals surface area contributed by atoms with Crippen LogP contribution in [0.3, 0.4) is 0 Å². The molecular formula is C29H30N4O. The van der Waals surface area contributed by atoms with Crippen molar-refractivity contribution in [2.75, 3.05) is 5.32 Å². The molecule has 0 saturated carbocycles. The van der Waals surface area contributed by atoms with Gasteiger partial charge in [-0.15, -0.1) is 0 Å². The Morgan fingerprint density at radius 2 is 1.44 bits per heavy atom. The summed E-state index contributed by atoms with van der Waals surface area (Å²) < 4.78 is 1.98. The second-order valence-corrected chi connectivity index (χ2v) is 9.58. The Kier molecular flexibility index (Phi) is 5.93. The SMILES string of the molecule is CC1(C)CC(c2ccccc2)Nc2c(C(=O)N(Cc3ccccc3)Cc3ccccc3)cnn21. The summed E-state index contributed by atoms with van der Waals surface area (Å²) >= 11 is 0. The fraction of sp³-hybridized carbons (Fsp3) is 0.241. The summed E-state index contributed by atoms with van der Waals surface area (Å²) in [4.78, 5) is 15.9. The monoisotopic (exact) mass is 450 g/mol. The number of aromatic nitrogens is 2. The highest BCUT2D eigenvalue weighted by molar-refractivity contribution is 5.99. The van der Waals surface area contributed by atoms with Crippen LogP contribution in [0.5, 0.6) is 0 Å². The number of carbonyl (C=O) groups excluding carboxylic acids is 1. The molecule has 5 rings (SSSR count). The molecule has 4 aromatic rings. The molecule has 0 aliphatic carbocycles. The zero-order chi connectivity index (χ0) is 23.5. The maximum Gasteiger partial charge on any atom is 0.259 e. The van der Waals surface area contributed by atoms with Crippen molar-refractivity contribution < 1.29 is 4.79 Å². The zero-order valence-corrected chi connectivity index (χ0v) is 19.7. The first-order valence-electron chi connectivity index (χ1n) is 11.8. The summed E-state index contributed by atoms with van der Waals surface area (Å²) in [6.07, 6.45) is 2.61. The minimum absolute atomic E-state index is 0.0223. The quantitative estimate of drug-likeness (QED) is 0.391. The molecule has 5 heteroatoms. The Morgan fingerprint density at radius 1 is 0.912 bits per heavy atom. The Labute approximate surface area is 201 Å². The lowest BCUT2D eigenvalue weighted by atomic mass is 9.89. The molecule has 1 N–H and O–H groups in total. The van der Waals surface area contributed by atoms with Gasteiger partial charge in [0.15, 0.2) is 0 Å². The maximum absolute atomic E-state index is 14.0. The molecule has 0 saturated heterocycles. The summed E-state index contributed by atoms with van der Waals surface area (Å²) in [5.74, 6) is 0.771. The van der Waals surface area contributed by atoms with Crippen LogP contribution in [-0.4, -0.2) is 20.6 Å². The molecule has 0 bridgehead atoms. The first kappa shape index (κ1) is 22.0. The van der Waals surface area contributed by atoms with Crippen LogP contribution in [0.4, 0.5) is 5.82 Å². The van der Waals surface area contributed by atoms with Crippen molar-refractivity contribution in [3.05, 3.63) is 119 Å². The van der Waals surface area contributed by atoms with Gasteiger partial charge in [0.05, 0.1) is 17.8 Å². The van der Waals surface area contributed by atoms with Crippen molar-refractivity contribution in [1.29, 1.82) is 0 Å². The minimum atomic E-state index is -0.219. The number of benzene rings is 3. The number of hydrogen-bond donors (Lipinski definition) is 1. The number of nitrogens with zero attached hydrogens (tertiary/aromatic N) is 3. The molecule has 0 fully saturated rings. The van der Waals surface area contributed by atoms with Crippen molar-refractivity contribution >= 4 is 11.7 Å². The Morgan fingerprint density at radius 3 is 2.00 bits per heavy atom. The van der Waals surface area contributed by atoms with E-state index < -0.39 is 0 Å². The van der Waals surface area contributed by atoms with Gasteiger partial charge in [-0.05, 0) is 37.0 Å². The van der Waals surface area contributed by atoms with E-state index in [1.165, 1.54) is 5.56 Å². The first-order chi connectivity index (χ1) is 16.5. The van der Waals surface area contributed by atoms with E-state index in [-0.39, 0.29) is 17.5 Å². The van der Waals surface area contributed by atoms with Crippen LogP contribution in [0.2, 0.25) is 0 Å². The molecule has 1 aromatic heterocycles. The van der Waals surface area contributed by atoms with Crippen molar-refractivity contribution in [2.24, 2.45) is 0 Å². The summed E-state index contributed by atoms with van der Waals surface area (Å²) in [7, 11) is 0. The summed E-state index contributed by atoms with van der Waals surface area (Å²) in [6, 6.07) is 30.8. The van der Waals surface area contributed by atoms with Gasteiger partial charge in [-0.25, -0.2) is 4.68 Å². The predicted molar refractivity (Wildman–Crippen MR) is 135 cm³/mol. The number of nitrogens with one attached hydrogen (secondary N) is 1. The van der Waals surface area contributed by atoms with Crippen molar-refractivity contribution in [1.82, 2.24) is 14.7 Å². The van der Waals surface area contributed by atoms with E-state index in [2.05, 4.69) is 72.8 Å². The van der Waals surface area contributed by atoms with Crippen molar-refractivity contribution in [3.63, 3.8) is 0 Å². The second kappa shape index (κ2) is 9.18. The van der Waals surface area contributed by atoms with Gasteiger partial charge in [0.2, 0.25) is 0 Å². The summed E-state index contributed by atoms with van der Waals surface area (Å²) in [5, 5.41) is 8.30. The van der Waals surface area contributed by atoms with Gasteiger partial charge >= 0.3 is 0 Å². The van der Waals surface area contributed by atoms with Crippen LogP contribution >= 0.6 is 0 Å². The Bertz CT molecular complexity index is 1210. The highest BCUT2D eigenvalue weighted by Gasteiger charge is 2.37. The third-order valence-electron chi connectivity index (χ3n) is 6.51. The third kappa shape index (κ3) is 4.46. The van der Waals surface area contributed by atoms with Gasteiger partial charge in [-0.3, -0.25) is 4.79 Å². The Balaban J connectivity index is 1.49. The smallest absolute Gasteiger partial charge is 0.259 e. The van der Waals surface area contributed by atoms with Gasteiger partial charge in [0.1, 0.15) is 11.4 Å². The molecule has 1 aliphatic rings. The van der Waals surface area contributed by atoms with Gasteiger partial charge in [-0.2, -0.15) is 5.10 Å². The fourth-order valence-electron chi connectivity index (χ4n) is 4.77. The van der Waals surface area contributed by atoms with Crippen LogP contribution in [0.25, 0.3) is 0 Å². The van der Waals surface area contributed by atoms with Crippen LogP contribution in [0, 0.1) is 0 Å². The van der Waals surface area contributed by atoms with E-state index in [0.29, 0.717) is 18.7 Å². The van der Waals surface area contributed by atoms with E-state index in [0.717, 1.165) is 23.4 Å². The van der Waals surface area contributed by atoms with E-state index in [9.17, 15) is 4.79 Å². The minimum Gasteiger partial charge on any atom is -0.363 e. The lowest BCUT2D eigenvalue weighted by Crippen LogP contribution is -2.39. The molecular weight excluding hydrogens is 420 g/mol.